The maximum atomic E-state index is 5.45. The second-order valence-corrected chi connectivity index (χ2v) is 1.64. The van der Waals surface area contributed by atoms with E-state index < -0.39 is 0 Å². The normalized spacial score (nSPS) is 12.1. The van der Waals surface area contributed by atoms with Gasteiger partial charge in [-0.15, -0.1) is 0 Å². The van der Waals surface area contributed by atoms with Crippen LogP contribution in [0.4, 0.5) is 0 Å². The lowest BCUT2D eigenvalue weighted by molar-refractivity contribution is 0.396. The molecule has 3 heteroatoms. The Kier molecular flexibility index (Phi) is 4.24. The third-order valence-corrected chi connectivity index (χ3v) is 1.01. The second kappa shape index (κ2) is 4.76. The third kappa shape index (κ3) is 2.46. The molecule has 2 N–H and O–H groups in total. The van der Waals surface area contributed by atoms with Crippen molar-refractivity contribution in [2.45, 2.75) is 13.8 Å². The molecule has 10 heavy (non-hydrogen) atoms. The maximum Gasteiger partial charge on any atom is 0.0727 e. The molecule has 0 amide bonds. The summed E-state index contributed by atoms with van der Waals surface area (Å²) in [5, 5.41) is 5.08. The summed E-state index contributed by atoms with van der Waals surface area (Å²) in [6.45, 7) is 7.25. The molecule has 0 aromatic rings. The zero-order valence-electron chi connectivity index (χ0n) is 6.41. The van der Waals surface area contributed by atoms with Gasteiger partial charge in [-0.3, -0.25) is 0 Å². The number of allylic oxidation sites excluding steroid dienone is 2. The lowest BCUT2D eigenvalue weighted by atomic mass is 10.4. The van der Waals surface area contributed by atoms with Gasteiger partial charge < -0.3 is 0 Å². The molecule has 0 radical (unpaired) electrons. The Bertz CT molecular complexity index is 158. The van der Waals surface area contributed by atoms with Gasteiger partial charge in [-0.25, -0.2) is 11.0 Å². The lowest BCUT2D eigenvalue weighted by Gasteiger charge is -2.11. The molecule has 3 nitrogen and oxygen atoms in total. The van der Waals surface area contributed by atoms with Crippen LogP contribution in [0.25, 0.3) is 0 Å². The Morgan fingerprint density at radius 1 is 1.60 bits per heavy atom. The zero-order valence-corrected chi connectivity index (χ0v) is 6.41. The highest BCUT2D eigenvalue weighted by Crippen LogP contribution is 1.98. The van der Waals surface area contributed by atoms with Gasteiger partial charge >= 0.3 is 0 Å². The predicted octanol–water partition coefficient (Wildman–Crippen LogP) is 1.26. The van der Waals surface area contributed by atoms with Gasteiger partial charge in [0.05, 0.1) is 5.70 Å². The van der Waals surface area contributed by atoms with Crippen molar-refractivity contribution < 1.29 is 0 Å². The van der Waals surface area contributed by atoms with Gasteiger partial charge in [-0.1, -0.05) is 12.7 Å². The summed E-state index contributed by atoms with van der Waals surface area (Å²) in [6, 6.07) is 0. The number of nitrogens with zero attached hydrogens (tertiary/aromatic N) is 2. The topological polar surface area (TPSA) is 41.6 Å². The van der Waals surface area contributed by atoms with Crippen LogP contribution < -0.4 is 5.84 Å². The number of hydrazone groups is 1. The fraction of sp³-hybridized carbons (Fsp3) is 0.286. The molecule has 0 unspecified atom stereocenters. The summed E-state index contributed by atoms with van der Waals surface area (Å²) >= 11 is 0. The van der Waals surface area contributed by atoms with Crippen LogP contribution in [-0.4, -0.2) is 11.3 Å². The molecule has 0 fully saturated rings. The SMILES string of the molecule is C=C/C(=C/C)N(N)/N=C\C. The van der Waals surface area contributed by atoms with Crippen LogP contribution in [0.5, 0.6) is 0 Å². The number of nitrogens with two attached hydrogens (primary N) is 1. The number of hydrogen-bond donors (Lipinski definition) is 1. The highest BCUT2D eigenvalue weighted by molar-refractivity contribution is 5.52. The molecule has 56 valence electrons. The summed E-state index contributed by atoms with van der Waals surface area (Å²) in [6.07, 6.45) is 5.10. The van der Waals surface area contributed by atoms with E-state index >= 15 is 0 Å². The van der Waals surface area contributed by atoms with Gasteiger partial charge in [-0.05, 0) is 19.9 Å². The number of hydrazine groups is 1. The van der Waals surface area contributed by atoms with Crippen LogP contribution in [-0.2, 0) is 0 Å². The first-order valence-electron chi connectivity index (χ1n) is 3.08. The molecule has 0 aromatic heterocycles. The maximum absolute atomic E-state index is 5.45. The van der Waals surface area contributed by atoms with Crippen LogP contribution in [0.1, 0.15) is 13.8 Å². The molecular weight excluding hydrogens is 126 g/mol. The van der Waals surface area contributed by atoms with E-state index in [1.807, 2.05) is 13.0 Å². The van der Waals surface area contributed by atoms with Crippen molar-refractivity contribution in [1.82, 2.24) is 5.12 Å². The third-order valence-electron chi connectivity index (χ3n) is 1.01. The Hall–Kier alpha value is -1.09. The Morgan fingerprint density at radius 3 is 2.50 bits per heavy atom. The highest BCUT2D eigenvalue weighted by atomic mass is 15.6. The van der Waals surface area contributed by atoms with E-state index in [1.54, 1.807) is 19.2 Å². The van der Waals surface area contributed by atoms with Crippen molar-refractivity contribution in [2.24, 2.45) is 10.9 Å². The average Bonchev–Trinajstić information content (AvgIpc) is 1.91. The van der Waals surface area contributed by atoms with Gasteiger partial charge in [-0.2, -0.15) is 5.10 Å². The molecule has 0 aromatic carbocycles. The molecule has 0 aliphatic heterocycles. The molecular formula is C7H13N3. The van der Waals surface area contributed by atoms with Crippen molar-refractivity contribution in [3.05, 3.63) is 24.4 Å². The highest BCUT2D eigenvalue weighted by Gasteiger charge is 1.93. The summed E-state index contributed by atoms with van der Waals surface area (Å²) < 4.78 is 0. The fourth-order valence-corrected chi connectivity index (χ4v) is 0.535. The van der Waals surface area contributed by atoms with Gasteiger partial charge in [0.2, 0.25) is 0 Å². The zero-order chi connectivity index (χ0) is 7.98. The summed E-state index contributed by atoms with van der Waals surface area (Å²) in [5.41, 5.74) is 0.790. The Balaban J connectivity index is 4.16. The van der Waals surface area contributed by atoms with E-state index in [4.69, 9.17) is 5.84 Å². The van der Waals surface area contributed by atoms with Crippen molar-refractivity contribution in [3.8, 4) is 0 Å². The van der Waals surface area contributed by atoms with Crippen LogP contribution in [0.15, 0.2) is 29.5 Å². The largest absolute Gasteiger partial charge is 0.226 e. The van der Waals surface area contributed by atoms with Gasteiger partial charge in [0.15, 0.2) is 0 Å². The smallest absolute Gasteiger partial charge is 0.0727 e. The second-order valence-electron chi connectivity index (χ2n) is 1.64. The minimum atomic E-state index is 0.790. The van der Waals surface area contributed by atoms with Crippen molar-refractivity contribution in [3.63, 3.8) is 0 Å². The van der Waals surface area contributed by atoms with Crippen molar-refractivity contribution >= 4 is 6.21 Å². The Labute approximate surface area is 61.5 Å². The first-order valence-corrected chi connectivity index (χ1v) is 3.08. The van der Waals surface area contributed by atoms with E-state index in [-0.39, 0.29) is 0 Å². The van der Waals surface area contributed by atoms with Gasteiger partial charge in [0.1, 0.15) is 0 Å². The Morgan fingerprint density at radius 2 is 2.20 bits per heavy atom. The van der Waals surface area contributed by atoms with E-state index in [9.17, 15) is 0 Å². The quantitative estimate of drug-likeness (QED) is 0.277. The molecule has 0 heterocycles. The van der Waals surface area contributed by atoms with Crippen LogP contribution in [0, 0.1) is 0 Å². The number of rotatable bonds is 3. The summed E-state index contributed by atoms with van der Waals surface area (Å²) in [7, 11) is 0. The van der Waals surface area contributed by atoms with Crippen molar-refractivity contribution in [1.29, 1.82) is 0 Å². The van der Waals surface area contributed by atoms with Gasteiger partial charge in [0.25, 0.3) is 0 Å². The lowest BCUT2D eigenvalue weighted by Crippen LogP contribution is -2.23. The minimum Gasteiger partial charge on any atom is -0.226 e. The van der Waals surface area contributed by atoms with Gasteiger partial charge in [0, 0.05) is 6.21 Å². The molecule has 0 aliphatic rings. The predicted molar refractivity (Wildman–Crippen MR) is 44.1 cm³/mol. The van der Waals surface area contributed by atoms with Crippen LogP contribution in [0.2, 0.25) is 0 Å². The molecule has 0 bridgehead atoms. The van der Waals surface area contributed by atoms with E-state index in [1.165, 1.54) is 5.12 Å². The molecule has 0 saturated heterocycles. The van der Waals surface area contributed by atoms with Crippen LogP contribution >= 0.6 is 0 Å². The van der Waals surface area contributed by atoms with E-state index in [0.717, 1.165) is 5.70 Å². The summed E-state index contributed by atoms with van der Waals surface area (Å²) in [4.78, 5) is 0. The molecule has 0 rings (SSSR count). The minimum absolute atomic E-state index is 0.790. The fourth-order valence-electron chi connectivity index (χ4n) is 0.535. The summed E-state index contributed by atoms with van der Waals surface area (Å²) in [5.74, 6) is 5.45. The molecule has 0 spiro atoms. The number of hydrogen-bond acceptors (Lipinski definition) is 3. The molecule has 0 saturated carbocycles. The average molecular weight is 139 g/mol. The standard InChI is InChI=1S/C7H13N3/c1-4-7(5-2)10(8)9-6-3/h4-6H,1,8H2,2-3H3/b7-5-,9-6-. The van der Waals surface area contributed by atoms with E-state index in [2.05, 4.69) is 11.7 Å². The molecule has 0 aliphatic carbocycles. The monoisotopic (exact) mass is 139 g/mol. The first kappa shape index (κ1) is 8.91. The first-order chi connectivity index (χ1) is 4.76. The molecule has 0 atom stereocenters. The van der Waals surface area contributed by atoms with E-state index in [0.29, 0.717) is 0 Å². The van der Waals surface area contributed by atoms with Crippen LogP contribution in [0.3, 0.4) is 0 Å². The van der Waals surface area contributed by atoms with Crippen molar-refractivity contribution in [2.75, 3.05) is 0 Å².